The number of amides is 1. The Balaban J connectivity index is 1.29. The number of carbonyl (C=O) groups is 1. The second kappa shape index (κ2) is 8.12. The molecule has 8 nitrogen and oxygen atoms in total. The number of hydrogen-bond acceptors (Lipinski definition) is 7. The van der Waals surface area contributed by atoms with E-state index in [1.165, 1.54) is 6.07 Å². The number of hydrogen-bond donors (Lipinski definition) is 0. The van der Waals surface area contributed by atoms with Crippen LogP contribution in [0.25, 0.3) is 11.5 Å². The number of benzene rings is 1. The maximum Gasteiger partial charge on any atom is 0.250 e. The van der Waals surface area contributed by atoms with Gasteiger partial charge in [-0.15, -0.1) is 10.2 Å². The number of halogens is 1. The van der Waals surface area contributed by atoms with Crippen molar-refractivity contribution in [2.24, 2.45) is 0 Å². The van der Waals surface area contributed by atoms with Gasteiger partial charge in [-0.25, -0.2) is 14.4 Å². The minimum atomic E-state index is -0.422. The van der Waals surface area contributed by atoms with Crippen LogP contribution in [0.5, 0.6) is 0 Å². The van der Waals surface area contributed by atoms with Crippen molar-refractivity contribution in [3.05, 3.63) is 54.4 Å². The van der Waals surface area contributed by atoms with Crippen LogP contribution in [0.15, 0.2) is 47.1 Å². The van der Waals surface area contributed by atoms with E-state index >= 15 is 0 Å². The number of carbonyl (C=O) groups excluding carboxylic acids is 1. The van der Waals surface area contributed by atoms with E-state index in [9.17, 15) is 9.18 Å². The second-order valence-corrected chi connectivity index (χ2v) is 6.40. The Bertz CT molecular complexity index is 940. The lowest BCUT2D eigenvalue weighted by molar-refractivity contribution is -0.131. The van der Waals surface area contributed by atoms with Crippen LogP contribution in [0.1, 0.15) is 12.3 Å². The summed E-state index contributed by atoms with van der Waals surface area (Å²) in [5.74, 6) is 0.731. The number of rotatable bonds is 5. The summed E-state index contributed by atoms with van der Waals surface area (Å²) in [6.45, 7) is 2.60. The summed E-state index contributed by atoms with van der Waals surface area (Å²) in [6, 6.07) is 7.99. The summed E-state index contributed by atoms with van der Waals surface area (Å²) in [7, 11) is 0. The average molecular weight is 382 g/mol. The molecule has 1 amide bonds. The molecule has 0 spiro atoms. The fourth-order valence-electron chi connectivity index (χ4n) is 3.08. The third-order valence-corrected chi connectivity index (χ3v) is 4.59. The first-order chi connectivity index (χ1) is 13.7. The van der Waals surface area contributed by atoms with Gasteiger partial charge in [0.25, 0.3) is 5.89 Å². The highest BCUT2D eigenvalue weighted by atomic mass is 19.1. The molecule has 0 aliphatic carbocycles. The zero-order valence-corrected chi connectivity index (χ0v) is 15.2. The van der Waals surface area contributed by atoms with Gasteiger partial charge < -0.3 is 14.2 Å². The van der Waals surface area contributed by atoms with Crippen molar-refractivity contribution in [3.63, 3.8) is 0 Å². The molecular weight excluding hydrogens is 363 g/mol. The molecule has 1 saturated heterocycles. The number of anilines is 1. The molecule has 0 N–H and O–H groups in total. The molecule has 144 valence electrons. The topological polar surface area (TPSA) is 88.3 Å². The van der Waals surface area contributed by atoms with E-state index < -0.39 is 5.82 Å². The maximum absolute atomic E-state index is 13.8. The van der Waals surface area contributed by atoms with Crippen molar-refractivity contribution >= 4 is 11.9 Å². The third-order valence-electron chi connectivity index (χ3n) is 4.59. The maximum atomic E-state index is 13.8. The highest BCUT2D eigenvalue weighted by Crippen LogP contribution is 2.21. The van der Waals surface area contributed by atoms with Crippen molar-refractivity contribution in [2.45, 2.75) is 12.8 Å². The molecule has 0 bridgehead atoms. The largest absolute Gasteiger partial charge is 0.421 e. The molecule has 2 aromatic heterocycles. The first kappa shape index (κ1) is 18.0. The highest BCUT2D eigenvalue weighted by Gasteiger charge is 2.23. The number of piperazine rings is 1. The fourth-order valence-corrected chi connectivity index (χ4v) is 3.08. The van der Waals surface area contributed by atoms with Crippen molar-refractivity contribution in [1.82, 2.24) is 25.1 Å². The van der Waals surface area contributed by atoms with E-state index in [-0.39, 0.29) is 23.8 Å². The Labute approximate surface area is 161 Å². The lowest BCUT2D eigenvalue weighted by Crippen LogP contribution is -2.49. The Hall–Kier alpha value is -3.36. The van der Waals surface area contributed by atoms with Crippen molar-refractivity contribution in [1.29, 1.82) is 0 Å². The van der Waals surface area contributed by atoms with Gasteiger partial charge >= 0.3 is 0 Å². The minimum Gasteiger partial charge on any atom is -0.421 e. The molecule has 0 saturated carbocycles. The monoisotopic (exact) mass is 382 g/mol. The summed E-state index contributed by atoms with van der Waals surface area (Å²) < 4.78 is 19.3. The molecule has 0 unspecified atom stereocenters. The van der Waals surface area contributed by atoms with Crippen molar-refractivity contribution < 1.29 is 13.6 Å². The van der Waals surface area contributed by atoms with Crippen LogP contribution in [0, 0.1) is 5.82 Å². The predicted octanol–water partition coefficient (Wildman–Crippen LogP) is 1.95. The van der Waals surface area contributed by atoms with E-state index in [1.807, 2.05) is 4.90 Å². The van der Waals surface area contributed by atoms with Gasteiger partial charge in [-0.3, -0.25) is 4.79 Å². The first-order valence-corrected chi connectivity index (χ1v) is 9.08. The number of nitrogens with zero attached hydrogens (tertiary/aromatic N) is 6. The zero-order valence-electron chi connectivity index (χ0n) is 15.2. The van der Waals surface area contributed by atoms with Crippen molar-refractivity contribution in [3.8, 4) is 11.5 Å². The molecule has 0 atom stereocenters. The molecule has 1 aliphatic heterocycles. The third kappa shape index (κ3) is 3.98. The molecular formula is C19H19FN6O2. The Morgan fingerprint density at radius 3 is 2.54 bits per heavy atom. The highest BCUT2D eigenvalue weighted by molar-refractivity contribution is 5.76. The molecule has 1 aliphatic rings. The van der Waals surface area contributed by atoms with Gasteiger partial charge in [0.05, 0.1) is 5.56 Å². The van der Waals surface area contributed by atoms with Gasteiger partial charge in [0.15, 0.2) is 0 Å². The average Bonchev–Trinajstić information content (AvgIpc) is 3.22. The smallest absolute Gasteiger partial charge is 0.250 e. The van der Waals surface area contributed by atoms with Crippen LogP contribution in [0.3, 0.4) is 0 Å². The van der Waals surface area contributed by atoms with Crippen LogP contribution < -0.4 is 4.90 Å². The number of aryl methyl sites for hydroxylation is 1. The van der Waals surface area contributed by atoms with Crippen LogP contribution in [-0.4, -0.2) is 57.2 Å². The fraction of sp³-hybridized carbons (Fsp3) is 0.316. The van der Waals surface area contributed by atoms with Gasteiger partial charge in [-0.05, 0) is 18.2 Å². The molecule has 1 fully saturated rings. The van der Waals surface area contributed by atoms with Gasteiger partial charge in [0.2, 0.25) is 17.7 Å². The molecule has 3 aromatic rings. The van der Waals surface area contributed by atoms with E-state index in [2.05, 4.69) is 25.1 Å². The Kier molecular flexibility index (Phi) is 5.22. The predicted molar refractivity (Wildman–Crippen MR) is 98.8 cm³/mol. The van der Waals surface area contributed by atoms with E-state index in [0.29, 0.717) is 44.4 Å². The molecule has 9 heteroatoms. The quantitative estimate of drug-likeness (QED) is 0.666. The standard InChI is InChI=1S/C19H19FN6O2/c20-15-5-2-1-4-14(15)18-24-23-16(28-18)6-7-17(27)25-10-12-26(13-11-25)19-21-8-3-9-22-19/h1-5,8-9H,6-7,10-13H2. The first-order valence-electron chi connectivity index (χ1n) is 9.08. The van der Waals surface area contributed by atoms with E-state index in [0.717, 1.165) is 0 Å². The van der Waals surface area contributed by atoms with Gasteiger partial charge in [0, 0.05) is 51.4 Å². The van der Waals surface area contributed by atoms with Crippen molar-refractivity contribution in [2.75, 3.05) is 31.1 Å². The lowest BCUT2D eigenvalue weighted by Gasteiger charge is -2.34. The summed E-state index contributed by atoms with van der Waals surface area (Å²) in [5, 5.41) is 7.80. The van der Waals surface area contributed by atoms with Crippen LogP contribution in [0.2, 0.25) is 0 Å². The summed E-state index contributed by atoms with van der Waals surface area (Å²) in [4.78, 5) is 24.8. The summed E-state index contributed by atoms with van der Waals surface area (Å²) in [6.07, 6.45) is 4.00. The molecule has 0 radical (unpaired) electrons. The number of aromatic nitrogens is 4. The molecule has 4 rings (SSSR count). The SMILES string of the molecule is O=C(CCc1nnc(-c2ccccc2F)o1)N1CCN(c2ncccn2)CC1. The van der Waals surface area contributed by atoms with E-state index in [1.54, 1.807) is 36.7 Å². The molecule has 3 heterocycles. The van der Waals surface area contributed by atoms with E-state index in [4.69, 9.17) is 4.42 Å². The lowest BCUT2D eigenvalue weighted by atomic mass is 10.2. The second-order valence-electron chi connectivity index (χ2n) is 6.40. The molecule has 28 heavy (non-hydrogen) atoms. The van der Waals surface area contributed by atoms with Gasteiger partial charge in [0.1, 0.15) is 5.82 Å². The van der Waals surface area contributed by atoms with Crippen LogP contribution >= 0.6 is 0 Å². The Morgan fingerprint density at radius 1 is 1.04 bits per heavy atom. The summed E-state index contributed by atoms with van der Waals surface area (Å²) in [5.41, 5.74) is 0.256. The minimum absolute atomic E-state index is 0.0271. The molecule has 1 aromatic carbocycles. The van der Waals surface area contributed by atoms with Crippen LogP contribution in [0.4, 0.5) is 10.3 Å². The van der Waals surface area contributed by atoms with Gasteiger partial charge in [-0.2, -0.15) is 0 Å². The van der Waals surface area contributed by atoms with Crippen LogP contribution in [-0.2, 0) is 11.2 Å². The Morgan fingerprint density at radius 2 is 1.79 bits per heavy atom. The zero-order chi connectivity index (χ0) is 19.3. The normalized spacial score (nSPS) is 14.3. The summed E-state index contributed by atoms with van der Waals surface area (Å²) >= 11 is 0. The van der Waals surface area contributed by atoms with Gasteiger partial charge in [-0.1, -0.05) is 12.1 Å².